The molecule has 0 radical (unpaired) electrons. The summed E-state index contributed by atoms with van der Waals surface area (Å²) in [6.45, 7) is 15.8. The van der Waals surface area contributed by atoms with Gasteiger partial charge in [-0.2, -0.15) is 23.1 Å². The smallest absolute Gasteiger partial charge is 0.418 e. The number of carbonyl (C=O) groups is 3. The van der Waals surface area contributed by atoms with Crippen molar-refractivity contribution in [2.75, 3.05) is 63.2 Å². The molecule has 4 aromatic heterocycles. The molecule has 8 atom stereocenters. The fraction of sp³-hybridized carbons (Fsp3) is 0.556. The minimum Gasteiger partial charge on any atom is -0.462 e. The van der Waals surface area contributed by atoms with E-state index in [0.717, 1.165) is 47.2 Å². The lowest BCUT2D eigenvalue weighted by Crippen LogP contribution is -2.58. The van der Waals surface area contributed by atoms with Gasteiger partial charge in [0.05, 0.1) is 45.8 Å². The van der Waals surface area contributed by atoms with E-state index < -0.39 is 70.3 Å². The molecule has 0 spiro atoms. The summed E-state index contributed by atoms with van der Waals surface area (Å²) in [5.74, 6) is -1.94. The monoisotopic (exact) mass is 1090 g/mol. The Kier molecular flexibility index (Phi) is 16.4. The van der Waals surface area contributed by atoms with Crippen molar-refractivity contribution in [1.29, 1.82) is 0 Å². The SMILES string of the molecule is Cc1cc(N)nc(-c2ncc3c(N4CC5CCC(C4)N5)nc(OC[C@@H]4[C@H](C)CN4CCCOCCC(=O)N[C@H](C(=O)N4C[C@H](O)C[C@H]4C(=O)N[C@@H](C)c4ccc(-c5scnc5C)cc4)C(C)(C)C)nc3c2F)c1C(F)(F)F. The highest BCUT2D eigenvalue weighted by molar-refractivity contribution is 7.13. The molecule has 0 saturated carbocycles. The number of likely N-dealkylation sites (tertiary alicyclic amines) is 2. The van der Waals surface area contributed by atoms with Crippen LogP contribution in [0.4, 0.5) is 29.2 Å². The van der Waals surface area contributed by atoms with Crippen LogP contribution in [-0.4, -0.2) is 146 Å². The summed E-state index contributed by atoms with van der Waals surface area (Å²) in [6, 6.07) is 6.88. The Labute approximate surface area is 448 Å². The zero-order valence-corrected chi connectivity index (χ0v) is 45.2. The fourth-order valence-corrected chi connectivity index (χ4v) is 11.9. The molecule has 9 rings (SSSR count). The number of alkyl halides is 3. The number of thiazole rings is 1. The van der Waals surface area contributed by atoms with Crippen molar-refractivity contribution in [3.05, 3.63) is 70.2 Å². The average Bonchev–Trinajstić information content (AvgIpc) is 4.11. The van der Waals surface area contributed by atoms with E-state index in [1.165, 1.54) is 18.0 Å². The Balaban J connectivity index is 0.777. The summed E-state index contributed by atoms with van der Waals surface area (Å²) < 4.78 is 72.0. The molecule has 8 heterocycles. The molecule has 4 aliphatic rings. The number of fused-ring (bicyclic) bond motifs is 3. The average molecular weight is 1090 g/mol. The van der Waals surface area contributed by atoms with Gasteiger partial charge in [-0.15, -0.1) is 11.3 Å². The lowest BCUT2D eigenvalue weighted by Gasteiger charge is -2.46. The molecule has 414 valence electrons. The molecular formula is C54H68F4N12O6S. The highest BCUT2D eigenvalue weighted by Crippen LogP contribution is 2.41. The van der Waals surface area contributed by atoms with Gasteiger partial charge in [0.1, 0.15) is 47.2 Å². The Morgan fingerprint density at radius 1 is 0.974 bits per heavy atom. The number of amides is 3. The van der Waals surface area contributed by atoms with E-state index in [4.69, 9.17) is 20.2 Å². The number of nitrogens with two attached hydrogens (primary N) is 1. The Morgan fingerprint density at radius 2 is 1.70 bits per heavy atom. The van der Waals surface area contributed by atoms with Crippen LogP contribution >= 0.6 is 11.3 Å². The maximum atomic E-state index is 16.7. The number of aryl methyl sites for hydroxylation is 2. The van der Waals surface area contributed by atoms with Crippen LogP contribution in [0.2, 0.25) is 0 Å². The summed E-state index contributed by atoms with van der Waals surface area (Å²) in [6.07, 6.45) is -1.87. The third-order valence-electron chi connectivity index (χ3n) is 15.2. The minimum absolute atomic E-state index is 0.0112. The number of ether oxygens (including phenoxy) is 2. The number of anilines is 2. The van der Waals surface area contributed by atoms with Crippen molar-refractivity contribution in [2.45, 2.75) is 129 Å². The van der Waals surface area contributed by atoms with Gasteiger partial charge in [-0.25, -0.2) is 14.4 Å². The number of aliphatic hydroxyl groups is 1. The number of piperazine rings is 1. The molecule has 3 amide bonds. The van der Waals surface area contributed by atoms with Gasteiger partial charge < -0.3 is 46.1 Å². The van der Waals surface area contributed by atoms with Gasteiger partial charge in [-0.3, -0.25) is 24.3 Å². The van der Waals surface area contributed by atoms with Gasteiger partial charge >= 0.3 is 12.2 Å². The van der Waals surface area contributed by atoms with Crippen molar-refractivity contribution in [3.63, 3.8) is 0 Å². The lowest BCUT2D eigenvalue weighted by molar-refractivity contribution is -0.144. The Hall–Kier alpha value is -6.14. The van der Waals surface area contributed by atoms with Crippen LogP contribution < -0.4 is 31.3 Å². The molecule has 1 aromatic carbocycles. The predicted molar refractivity (Wildman–Crippen MR) is 283 cm³/mol. The van der Waals surface area contributed by atoms with Gasteiger partial charge in [0.2, 0.25) is 17.7 Å². The first kappa shape index (κ1) is 55.6. The molecule has 0 aliphatic carbocycles. The second-order valence-corrected chi connectivity index (χ2v) is 22.9. The number of carbonyl (C=O) groups excluding carboxylic acids is 3. The number of hydrogen-bond acceptors (Lipinski definition) is 16. The van der Waals surface area contributed by atoms with E-state index in [1.807, 2.05) is 63.8 Å². The van der Waals surface area contributed by atoms with Crippen LogP contribution in [0.25, 0.3) is 32.7 Å². The molecule has 5 aromatic rings. The highest BCUT2D eigenvalue weighted by Gasteiger charge is 2.45. The van der Waals surface area contributed by atoms with Crippen LogP contribution in [0.3, 0.4) is 0 Å². The third-order valence-corrected chi connectivity index (χ3v) is 16.2. The highest BCUT2D eigenvalue weighted by atomic mass is 32.1. The molecular weight excluding hydrogens is 1020 g/mol. The molecule has 2 bridgehead atoms. The number of nitrogen functional groups attached to an aromatic ring is 1. The second kappa shape index (κ2) is 22.7. The van der Waals surface area contributed by atoms with Gasteiger partial charge in [0.15, 0.2) is 5.82 Å². The zero-order valence-electron chi connectivity index (χ0n) is 44.4. The number of benzene rings is 1. The summed E-state index contributed by atoms with van der Waals surface area (Å²) >= 11 is 1.56. The molecule has 6 N–H and O–H groups in total. The van der Waals surface area contributed by atoms with Crippen molar-refractivity contribution < 1.29 is 46.5 Å². The summed E-state index contributed by atoms with van der Waals surface area (Å²) in [5, 5.41) is 20.4. The Bertz CT molecular complexity index is 2960. The lowest BCUT2D eigenvalue weighted by atomic mass is 9.85. The molecule has 18 nitrogen and oxygen atoms in total. The van der Waals surface area contributed by atoms with Crippen LogP contribution in [0, 0.1) is 31.0 Å². The van der Waals surface area contributed by atoms with E-state index in [1.54, 1.807) is 16.8 Å². The first-order valence-electron chi connectivity index (χ1n) is 26.3. The molecule has 23 heteroatoms. The third kappa shape index (κ3) is 12.3. The van der Waals surface area contributed by atoms with Crippen molar-refractivity contribution in [2.24, 2.45) is 11.3 Å². The number of halogens is 4. The van der Waals surface area contributed by atoms with E-state index >= 15 is 4.39 Å². The Morgan fingerprint density at radius 3 is 2.36 bits per heavy atom. The maximum Gasteiger partial charge on any atom is 0.418 e. The quantitative estimate of drug-likeness (QED) is 0.0475. The van der Waals surface area contributed by atoms with Gasteiger partial charge in [0.25, 0.3) is 0 Å². The second-order valence-electron chi connectivity index (χ2n) is 22.1. The van der Waals surface area contributed by atoms with Crippen molar-refractivity contribution in [3.8, 4) is 27.8 Å². The number of aromatic nitrogens is 5. The number of hydrogen-bond donors (Lipinski definition) is 5. The topological polar surface area (TPSA) is 226 Å². The maximum absolute atomic E-state index is 16.7. The van der Waals surface area contributed by atoms with Crippen LogP contribution in [0.1, 0.15) is 95.1 Å². The number of nitrogens with zero attached hydrogens (tertiary/aromatic N) is 8. The number of rotatable bonds is 18. The normalized spacial score (nSPS) is 22.5. The predicted octanol–water partition coefficient (Wildman–Crippen LogP) is 6.37. The fourth-order valence-electron chi connectivity index (χ4n) is 11.1. The van der Waals surface area contributed by atoms with E-state index in [9.17, 15) is 32.7 Å². The van der Waals surface area contributed by atoms with E-state index in [2.05, 4.69) is 47.7 Å². The first-order chi connectivity index (χ1) is 36.5. The molecule has 4 fully saturated rings. The standard InChI is InChI=1S/C54H68F4N12O6S/c1-28-19-40(59)64-45(42(28)54(56,57)58)46-43(55)44-37(21-60-46)49(69-23-34-13-14-35(24-69)63-34)67-52(66-44)76-26-39-29(2)22-68(39)16-8-17-75-18-15-41(72)65-48(53(5,6)7)51(74)70-25-36(71)20-38(70)50(73)62-30(3)32-9-11-33(12-10-32)47-31(4)61-27-77-47/h9-12,19,21,27,29-30,34-36,38-39,48,63,71H,8,13-18,20,22-26H2,1-7H3,(H2,59,64)(H,62,73)(H,65,72)/t29-,30+,34?,35?,36-,38+,39-,48-/m1/s1. The molecule has 4 saturated heterocycles. The van der Waals surface area contributed by atoms with Crippen LogP contribution in [-0.2, 0) is 25.3 Å². The van der Waals surface area contributed by atoms with Gasteiger partial charge in [0, 0.05) is 76.5 Å². The number of pyridine rings is 2. The van der Waals surface area contributed by atoms with Crippen LogP contribution in [0.15, 0.2) is 42.0 Å². The molecule has 77 heavy (non-hydrogen) atoms. The number of aliphatic hydroxyl groups excluding tert-OH is 1. The minimum atomic E-state index is -4.87. The van der Waals surface area contributed by atoms with E-state index in [0.29, 0.717) is 38.5 Å². The summed E-state index contributed by atoms with van der Waals surface area (Å²) in [7, 11) is 0. The number of β-amino-alcohol motifs (C(OH)–C–C–N with tert-alkyl or cyclic N) is 1. The largest absolute Gasteiger partial charge is 0.462 e. The summed E-state index contributed by atoms with van der Waals surface area (Å²) in [4.78, 5) is 69.6. The zero-order chi connectivity index (χ0) is 55.1. The first-order valence-corrected chi connectivity index (χ1v) is 27.2. The molecule has 4 aliphatic heterocycles. The van der Waals surface area contributed by atoms with Crippen molar-refractivity contribution >= 4 is 51.6 Å². The summed E-state index contributed by atoms with van der Waals surface area (Å²) in [5.41, 5.74) is 6.85. The van der Waals surface area contributed by atoms with Crippen LogP contribution in [0.5, 0.6) is 6.01 Å². The van der Waals surface area contributed by atoms with Gasteiger partial charge in [-0.1, -0.05) is 52.0 Å². The van der Waals surface area contributed by atoms with E-state index in [-0.39, 0.29) is 91.0 Å². The molecule has 2 unspecified atom stereocenters. The number of nitrogens with one attached hydrogen (secondary N) is 3. The van der Waals surface area contributed by atoms with Gasteiger partial charge in [-0.05, 0) is 74.1 Å². The van der Waals surface area contributed by atoms with Crippen molar-refractivity contribution in [1.82, 2.24) is 50.7 Å².